The van der Waals surface area contributed by atoms with Gasteiger partial charge in [0.15, 0.2) is 0 Å². The van der Waals surface area contributed by atoms with Gasteiger partial charge >= 0.3 is 0 Å². The van der Waals surface area contributed by atoms with Crippen molar-refractivity contribution in [1.82, 2.24) is 0 Å². The van der Waals surface area contributed by atoms with E-state index in [1.807, 2.05) is 83.1 Å². The average Bonchev–Trinajstić information content (AvgIpc) is 3.16. The molecular formula is C38H58. The minimum absolute atomic E-state index is 0.213. The first-order valence-electron chi connectivity index (χ1n) is 15.5. The zero-order valence-corrected chi connectivity index (χ0v) is 26.9. The molecule has 210 valence electrons. The normalized spacial score (nSPS) is 14.2. The van der Waals surface area contributed by atoms with Crippen LogP contribution in [0.25, 0.3) is 11.1 Å². The molecule has 3 aliphatic carbocycles. The minimum atomic E-state index is -0.213. The van der Waals surface area contributed by atoms with Gasteiger partial charge in [0, 0.05) is 0 Å². The largest absolute Gasteiger partial charge is 0.0839 e. The minimum Gasteiger partial charge on any atom is -0.0839 e. The van der Waals surface area contributed by atoms with Crippen LogP contribution < -0.4 is 0 Å². The summed E-state index contributed by atoms with van der Waals surface area (Å²) >= 11 is 0. The molecule has 0 spiro atoms. The standard InChI is InChI=1S/C26H22.6C2H6/c1-2-5-13-20(12-4-1)26(21-14-6-3-7-15-21)24-18-10-8-16-22(24)23-17-9-11-19-25(23)26;6*1-2/h1,4-6,8-19H,2-3,7H2;6*1-2H3. The Labute approximate surface area is 238 Å². The van der Waals surface area contributed by atoms with Gasteiger partial charge in [-0.05, 0) is 52.7 Å². The summed E-state index contributed by atoms with van der Waals surface area (Å²) in [7, 11) is 0. The van der Waals surface area contributed by atoms with Gasteiger partial charge in [0.25, 0.3) is 0 Å². The molecule has 0 aliphatic heterocycles. The Hall–Kier alpha value is -2.86. The highest BCUT2D eigenvalue weighted by Crippen LogP contribution is 2.57. The molecule has 0 saturated heterocycles. The molecule has 0 heteroatoms. The number of fused-ring (bicyclic) bond motifs is 3. The lowest BCUT2D eigenvalue weighted by Crippen LogP contribution is -2.30. The van der Waals surface area contributed by atoms with Gasteiger partial charge in [0.2, 0.25) is 0 Å². The Balaban J connectivity index is 0. The van der Waals surface area contributed by atoms with E-state index in [9.17, 15) is 0 Å². The van der Waals surface area contributed by atoms with Crippen LogP contribution in [0.15, 0.2) is 108 Å². The van der Waals surface area contributed by atoms with Crippen LogP contribution in [0, 0.1) is 0 Å². The fourth-order valence-corrected chi connectivity index (χ4v) is 4.74. The summed E-state index contributed by atoms with van der Waals surface area (Å²) in [4.78, 5) is 0. The monoisotopic (exact) mass is 514 g/mol. The molecule has 5 rings (SSSR count). The number of hydrogen-bond donors (Lipinski definition) is 0. The Kier molecular flexibility index (Phi) is 22.8. The van der Waals surface area contributed by atoms with Crippen LogP contribution >= 0.6 is 0 Å². The van der Waals surface area contributed by atoms with Crippen molar-refractivity contribution in [2.24, 2.45) is 0 Å². The first-order chi connectivity index (χ1) is 18.9. The van der Waals surface area contributed by atoms with Gasteiger partial charge in [0.1, 0.15) is 0 Å². The maximum atomic E-state index is 2.45. The quantitative estimate of drug-likeness (QED) is 0.374. The fraction of sp³-hybridized carbons (Fsp3) is 0.421. The molecule has 0 fully saturated rings. The number of rotatable bonds is 2. The van der Waals surface area contributed by atoms with Crippen LogP contribution in [-0.2, 0) is 5.41 Å². The van der Waals surface area contributed by atoms with Crippen molar-refractivity contribution in [1.29, 1.82) is 0 Å². The molecule has 0 amide bonds. The van der Waals surface area contributed by atoms with Gasteiger partial charge in [0.05, 0.1) is 5.41 Å². The van der Waals surface area contributed by atoms with E-state index >= 15 is 0 Å². The van der Waals surface area contributed by atoms with E-state index in [-0.39, 0.29) is 5.41 Å². The first-order valence-corrected chi connectivity index (χ1v) is 15.5. The predicted octanol–water partition coefficient (Wildman–Crippen LogP) is 12.8. The lowest BCUT2D eigenvalue weighted by molar-refractivity contribution is 0.750. The van der Waals surface area contributed by atoms with Gasteiger partial charge in [-0.3, -0.25) is 0 Å². The third-order valence-corrected chi connectivity index (χ3v) is 5.79. The average molecular weight is 515 g/mol. The van der Waals surface area contributed by atoms with Crippen LogP contribution in [0.2, 0.25) is 0 Å². The second-order valence-corrected chi connectivity index (χ2v) is 7.17. The van der Waals surface area contributed by atoms with Crippen molar-refractivity contribution in [2.75, 3.05) is 0 Å². The molecule has 2 aromatic carbocycles. The van der Waals surface area contributed by atoms with E-state index in [0.29, 0.717) is 0 Å². The maximum Gasteiger partial charge on any atom is 0.0710 e. The zero-order chi connectivity index (χ0) is 29.4. The summed E-state index contributed by atoms with van der Waals surface area (Å²) in [6.45, 7) is 24.0. The second kappa shape index (κ2) is 23.3. The molecule has 0 nitrogen and oxygen atoms in total. The van der Waals surface area contributed by atoms with Crippen LogP contribution in [0.5, 0.6) is 0 Å². The lowest BCUT2D eigenvalue weighted by Gasteiger charge is -2.36. The number of hydrogen-bond acceptors (Lipinski definition) is 0. The molecule has 3 aliphatic rings. The molecule has 0 N–H and O–H groups in total. The topological polar surface area (TPSA) is 0 Å². The van der Waals surface area contributed by atoms with Gasteiger partial charge in [-0.15, -0.1) is 0 Å². The molecule has 2 aromatic rings. The van der Waals surface area contributed by atoms with Crippen molar-refractivity contribution < 1.29 is 0 Å². The lowest BCUT2D eigenvalue weighted by atomic mass is 9.65. The van der Waals surface area contributed by atoms with E-state index in [1.54, 1.807) is 0 Å². The summed E-state index contributed by atoms with van der Waals surface area (Å²) in [6.07, 6.45) is 21.8. The van der Waals surface area contributed by atoms with Crippen LogP contribution in [0.4, 0.5) is 0 Å². The molecule has 38 heavy (non-hydrogen) atoms. The Morgan fingerprint density at radius 3 is 1.45 bits per heavy atom. The smallest absolute Gasteiger partial charge is 0.0710 e. The highest BCUT2D eigenvalue weighted by atomic mass is 14.5. The van der Waals surface area contributed by atoms with Crippen molar-refractivity contribution in [3.63, 3.8) is 0 Å². The third-order valence-electron chi connectivity index (χ3n) is 5.79. The van der Waals surface area contributed by atoms with E-state index in [4.69, 9.17) is 0 Å². The van der Waals surface area contributed by atoms with Crippen molar-refractivity contribution in [3.05, 3.63) is 119 Å². The van der Waals surface area contributed by atoms with Crippen LogP contribution in [0.3, 0.4) is 0 Å². The Morgan fingerprint density at radius 2 is 0.974 bits per heavy atom. The Bertz CT molecular complexity index is 962. The van der Waals surface area contributed by atoms with Crippen LogP contribution in [0.1, 0.15) is 113 Å². The van der Waals surface area contributed by atoms with E-state index in [1.165, 1.54) is 33.4 Å². The number of allylic oxidation sites excluding steroid dienone is 10. The summed E-state index contributed by atoms with van der Waals surface area (Å²) in [6, 6.07) is 17.9. The molecule has 0 atom stereocenters. The molecule has 0 radical (unpaired) electrons. The molecule has 0 aromatic heterocycles. The van der Waals surface area contributed by atoms with E-state index < -0.39 is 0 Å². The van der Waals surface area contributed by atoms with Gasteiger partial charge in [-0.1, -0.05) is 180 Å². The van der Waals surface area contributed by atoms with Gasteiger partial charge < -0.3 is 0 Å². The number of benzene rings is 2. The van der Waals surface area contributed by atoms with E-state index in [2.05, 4.69) is 97.1 Å². The fourth-order valence-electron chi connectivity index (χ4n) is 4.74. The molecule has 0 unspecified atom stereocenters. The second-order valence-electron chi connectivity index (χ2n) is 7.17. The molecule has 0 saturated carbocycles. The summed E-state index contributed by atoms with van der Waals surface area (Å²) in [5, 5.41) is 0. The Morgan fingerprint density at radius 1 is 0.500 bits per heavy atom. The van der Waals surface area contributed by atoms with Gasteiger partial charge in [-0.2, -0.15) is 0 Å². The molecule has 0 heterocycles. The third kappa shape index (κ3) is 8.32. The van der Waals surface area contributed by atoms with Crippen molar-refractivity contribution in [2.45, 2.75) is 108 Å². The molecular weight excluding hydrogens is 456 g/mol. The SMILES string of the molecule is C1=CCC=CC(C2(C3=CCCC=C3)c3ccccc3-c3ccccc32)=C1.CC.CC.CC.CC.CC.CC. The van der Waals surface area contributed by atoms with Crippen molar-refractivity contribution in [3.8, 4) is 11.1 Å². The summed E-state index contributed by atoms with van der Waals surface area (Å²) in [5.41, 5.74) is 8.11. The van der Waals surface area contributed by atoms with Crippen molar-refractivity contribution >= 4 is 0 Å². The predicted molar refractivity (Wildman–Crippen MR) is 178 cm³/mol. The zero-order valence-electron chi connectivity index (χ0n) is 26.9. The highest BCUT2D eigenvalue weighted by Gasteiger charge is 2.47. The molecule has 0 bridgehead atoms. The summed E-state index contributed by atoms with van der Waals surface area (Å²) in [5.74, 6) is 0. The van der Waals surface area contributed by atoms with Crippen LogP contribution in [-0.4, -0.2) is 0 Å². The highest BCUT2D eigenvalue weighted by molar-refractivity contribution is 5.87. The van der Waals surface area contributed by atoms with E-state index in [0.717, 1.165) is 19.3 Å². The maximum absolute atomic E-state index is 2.45. The summed E-state index contributed by atoms with van der Waals surface area (Å²) < 4.78 is 0. The van der Waals surface area contributed by atoms with Gasteiger partial charge in [-0.25, -0.2) is 0 Å². The first kappa shape index (κ1) is 37.3.